The summed E-state index contributed by atoms with van der Waals surface area (Å²) in [5.41, 5.74) is 2.30. The fourth-order valence-electron chi connectivity index (χ4n) is 5.73. The largest absolute Gasteiger partial charge is 0.497 e. The van der Waals surface area contributed by atoms with E-state index in [0.29, 0.717) is 12.5 Å². The second-order valence-electron chi connectivity index (χ2n) is 11.1. The van der Waals surface area contributed by atoms with Crippen molar-refractivity contribution in [3.63, 3.8) is 0 Å². The molecule has 0 bridgehead atoms. The second-order valence-corrected chi connectivity index (χ2v) is 11.1. The lowest BCUT2D eigenvalue weighted by Gasteiger charge is -2.18. The van der Waals surface area contributed by atoms with Gasteiger partial charge in [0, 0.05) is 24.0 Å². The van der Waals surface area contributed by atoms with E-state index in [1.807, 2.05) is 10.6 Å². The molecule has 3 rings (SSSR count). The molecule has 1 saturated heterocycles. The molecule has 1 aromatic heterocycles. The third-order valence-electron chi connectivity index (χ3n) is 8.14. The molecule has 1 atom stereocenters. The van der Waals surface area contributed by atoms with E-state index in [-0.39, 0.29) is 5.91 Å². The van der Waals surface area contributed by atoms with Crippen molar-refractivity contribution in [1.29, 1.82) is 0 Å². The maximum atomic E-state index is 13.2. The fourth-order valence-corrected chi connectivity index (χ4v) is 5.73. The summed E-state index contributed by atoms with van der Waals surface area (Å²) in [6.07, 6.45) is 27.5. The van der Waals surface area contributed by atoms with Crippen LogP contribution in [0.1, 0.15) is 120 Å². The van der Waals surface area contributed by atoms with Gasteiger partial charge in [-0.15, -0.1) is 0 Å². The van der Waals surface area contributed by atoms with Crippen LogP contribution in [0.4, 0.5) is 0 Å². The lowest BCUT2D eigenvalue weighted by Crippen LogP contribution is -2.26. The molecule has 2 heterocycles. The van der Waals surface area contributed by atoms with E-state index < -0.39 is 0 Å². The number of fused-ring (bicyclic) bond motifs is 1. The number of ether oxygens (including phenoxy) is 1. The minimum atomic E-state index is 0.226. The molecule has 0 aliphatic carbocycles. The Labute approximate surface area is 226 Å². The molecule has 1 aromatic carbocycles. The molecule has 0 saturated carbocycles. The third-order valence-corrected chi connectivity index (χ3v) is 8.14. The lowest BCUT2D eigenvalue weighted by molar-refractivity contribution is 0.0904. The number of allylic oxidation sites excluding steroid dienone is 2. The molecule has 206 valence electrons. The van der Waals surface area contributed by atoms with E-state index in [9.17, 15) is 4.79 Å². The molecular formula is C33H52N2O2. The van der Waals surface area contributed by atoms with E-state index in [4.69, 9.17) is 4.74 Å². The molecule has 0 spiro atoms. The van der Waals surface area contributed by atoms with Crippen LogP contribution < -0.4 is 4.74 Å². The standard InChI is InChI=1S/C33H52N2O2/c1-4-5-6-7-8-9-10-11-12-13-14-15-16-17-18-21-33(36)35-27-28(25-29-20-19-24-34(29)2)31-26-30(37-3)22-23-32(31)35/h8-9,22-23,26-27,29H,4-7,10-21,24-25H2,1-3H3/b9-8-/t29-/m1/s1. The van der Waals surface area contributed by atoms with Gasteiger partial charge in [0.1, 0.15) is 5.75 Å². The van der Waals surface area contributed by atoms with Crippen LogP contribution >= 0.6 is 0 Å². The lowest BCUT2D eigenvalue weighted by atomic mass is 10.0. The van der Waals surface area contributed by atoms with Crippen molar-refractivity contribution >= 4 is 16.8 Å². The number of aromatic nitrogens is 1. The van der Waals surface area contributed by atoms with Gasteiger partial charge in [-0.3, -0.25) is 9.36 Å². The first-order valence-electron chi connectivity index (χ1n) is 15.2. The van der Waals surface area contributed by atoms with Crippen molar-refractivity contribution in [2.45, 2.75) is 122 Å². The molecule has 1 aliphatic rings. The molecule has 4 nitrogen and oxygen atoms in total. The molecule has 0 unspecified atom stereocenters. The number of nitrogens with zero attached hydrogens (tertiary/aromatic N) is 2. The van der Waals surface area contributed by atoms with Crippen molar-refractivity contribution < 1.29 is 9.53 Å². The molecule has 1 fully saturated rings. The van der Waals surface area contributed by atoms with Crippen LogP contribution in [0, 0.1) is 0 Å². The van der Waals surface area contributed by atoms with Gasteiger partial charge in [0.05, 0.1) is 12.6 Å². The SMILES string of the molecule is CCCCC/C=C\CCCCCCCCCCC(=O)n1cc(C[C@H]2CCCN2C)c2cc(OC)ccc21. The predicted molar refractivity (Wildman–Crippen MR) is 158 cm³/mol. The second kappa shape index (κ2) is 16.7. The van der Waals surface area contributed by atoms with E-state index in [2.05, 4.69) is 49.4 Å². The highest BCUT2D eigenvalue weighted by Gasteiger charge is 2.23. The van der Waals surface area contributed by atoms with Crippen LogP contribution in [-0.4, -0.2) is 42.1 Å². The van der Waals surface area contributed by atoms with Crippen molar-refractivity contribution in [2.24, 2.45) is 0 Å². The van der Waals surface area contributed by atoms with Gasteiger partial charge < -0.3 is 9.64 Å². The molecule has 0 amide bonds. The van der Waals surface area contributed by atoms with Gasteiger partial charge in [-0.25, -0.2) is 0 Å². The Morgan fingerprint density at radius 1 is 0.973 bits per heavy atom. The summed E-state index contributed by atoms with van der Waals surface area (Å²) < 4.78 is 7.40. The Morgan fingerprint density at radius 2 is 1.65 bits per heavy atom. The van der Waals surface area contributed by atoms with Gasteiger partial charge in [-0.1, -0.05) is 70.4 Å². The first kappa shape index (κ1) is 29.5. The molecule has 0 N–H and O–H groups in total. The predicted octanol–water partition coefficient (Wildman–Crippen LogP) is 8.96. The van der Waals surface area contributed by atoms with Crippen LogP contribution in [0.25, 0.3) is 10.9 Å². The van der Waals surface area contributed by atoms with E-state index >= 15 is 0 Å². The average Bonchev–Trinajstić information content (AvgIpc) is 3.49. The Kier molecular flexibility index (Phi) is 13.3. The van der Waals surface area contributed by atoms with Crippen LogP contribution in [0.15, 0.2) is 36.5 Å². The zero-order chi connectivity index (χ0) is 26.3. The summed E-state index contributed by atoms with van der Waals surface area (Å²) in [4.78, 5) is 15.6. The van der Waals surface area contributed by atoms with Crippen LogP contribution in [0.2, 0.25) is 0 Å². The topological polar surface area (TPSA) is 34.5 Å². The number of benzene rings is 1. The Morgan fingerprint density at radius 3 is 2.30 bits per heavy atom. The zero-order valence-corrected chi connectivity index (χ0v) is 24.0. The highest BCUT2D eigenvalue weighted by molar-refractivity contribution is 5.95. The molecule has 4 heteroatoms. The number of methoxy groups -OCH3 is 1. The normalized spacial score (nSPS) is 16.4. The van der Waals surface area contributed by atoms with Crippen molar-refractivity contribution in [1.82, 2.24) is 9.47 Å². The van der Waals surface area contributed by atoms with Gasteiger partial charge >= 0.3 is 0 Å². The third kappa shape index (κ3) is 9.63. The van der Waals surface area contributed by atoms with E-state index in [1.165, 1.54) is 101 Å². The smallest absolute Gasteiger partial charge is 0.231 e. The van der Waals surface area contributed by atoms with E-state index in [0.717, 1.165) is 30.5 Å². The monoisotopic (exact) mass is 508 g/mol. The summed E-state index contributed by atoms with van der Waals surface area (Å²) in [6.45, 7) is 3.43. The summed E-state index contributed by atoms with van der Waals surface area (Å²) >= 11 is 0. The van der Waals surface area contributed by atoms with Crippen molar-refractivity contribution in [3.8, 4) is 5.75 Å². The highest BCUT2D eigenvalue weighted by Crippen LogP contribution is 2.30. The maximum absolute atomic E-state index is 13.2. The van der Waals surface area contributed by atoms with Gasteiger partial charge in [-0.05, 0) is 88.7 Å². The van der Waals surface area contributed by atoms with Crippen LogP contribution in [0.3, 0.4) is 0 Å². The number of carbonyl (C=O) groups excluding carboxylic acids is 1. The summed E-state index contributed by atoms with van der Waals surface area (Å²) in [5.74, 6) is 1.08. The van der Waals surface area contributed by atoms with Gasteiger partial charge in [-0.2, -0.15) is 0 Å². The van der Waals surface area contributed by atoms with Crippen molar-refractivity contribution in [3.05, 3.63) is 42.1 Å². The minimum Gasteiger partial charge on any atom is -0.497 e. The minimum absolute atomic E-state index is 0.226. The first-order chi connectivity index (χ1) is 18.1. The molecule has 2 aromatic rings. The average molecular weight is 509 g/mol. The Bertz CT molecular complexity index is 961. The van der Waals surface area contributed by atoms with Gasteiger partial charge in [0.2, 0.25) is 5.91 Å². The summed E-state index contributed by atoms with van der Waals surface area (Å²) in [7, 11) is 3.93. The quantitative estimate of drug-likeness (QED) is 0.149. The van der Waals surface area contributed by atoms with Crippen molar-refractivity contribution in [2.75, 3.05) is 20.7 Å². The summed E-state index contributed by atoms with van der Waals surface area (Å²) in [5, 5.41) is 1.17. The van der Waals surface area contributed by atoms with Gasteiger partial charge in [0.15, 0.2) is 0 Å². The van der Waals surface area contributed by atoms with E-state index in [1.54, 1.807) is 7.11 Å². The summed E-state index contributed by atoms with van der Waals surface area (Å²) in [6, 6.07) is 6.69. The van der Waals surface area contributed by atoms with Gasteiger partial charge in [0.25, 0.3) is 0 Å². The van der Waals surface area contributed by atoms with Crippen LogP contribution in [0.5, 0.6) is 5.75 Å². The number of rotatable bonds is 18. The maximum Gasteiger partial charge on any atom is 0.231 e. The number of likely N-dealkylation sites (N-methyl/N-ethyl adjacent to an activating group) is 1. The molecule has 0 radical (unpaired) electrons. The number of hydrogen-bond donors (Lipinski definition) is 0. The molecular weight excluding hydrogens is 456 g/mol. The number of likely N-dealkylation sites (tertiary alicyclic amines) is 1. The molecule has 1 aliphatic heterocycles. The molecule has 37 heavy (non-hydrogen) atoms. The Balaban J connectivity index is 1.36. The van der Waals surface area contributed by atoms with Crippen LogP contribution in [-0.2, 0) is 6.42 Å². The first-order valence-corrected chi connectivity index (χ1v) is 15.2. The number of hydrogen-bond acceptors (Lipinski definition) is 3. The fraction of sp³-hybridized carbons (Fsp3) is 0.667. The number of unbranched alkanes of at least 4 members (excludes halogenated alkanes) is 11. The Hall–Kier alpha value is -2.07. The zero-order valence-electron chi connectivity index (χ0n) is 24.0. The number of carbonyl (C=O) groups is 1. The highest BCUT2D eigenvalue weighted by atomic mass is 16.5.